The summed E-state index contributed by atoms with van der Waals surface area (Å²) in [7, 11) is 0. The summed E-state index contributed by atoms with van der Waals surface area (Å²) in [6, 6.07) is 0. The molecule has 0 saturated carbocycles. The molecule has 9 heavy (non-hydrogen) atoms. The summed E-state index contributed by atoms with van der Waals surface area (Å²) in [6.07, 6.45) is 1.05. The van der Waals surface area contributed by atoms with Gasteiger partial charge in [-0.2, -0.15) is 0 Å². The molecule has 57 valence electrons. The maximum absolute atomic E-state index is 8.17. The second-order valence-electron chi connectivity index (χ2n) is 1.60. The lowest BCUT2D eigenvalue weighted by Crippen LogP contribution is -2.15. The predicted octanol–water partition coefficient (Wildman–Crippen LogP) is -0.438. The smallest absolute Gasteiger partial charge is 0.100 e. The molecule has 0 atom stereocenters. The van der Waals surface area contributed by atoms with E-state index in [9.17, 15) is 0 Å². The molecule has 0 aliphatic rings. The van der Waals surface area contributed by atoms with E-state index in [4.69, 9.17) is 15.3 Å². The van der Waals surface area contributed by atoms with E-state index in [2.05, 4.69) is 0 Å². The van der Waals surface area contributed by atoms with Crippen molar-refractivity contribution in [3.8, 4) is 0 Å². The van der Waals surface area contributed by atoms with Gasteiger partial charge in [-0.05, 0) is 6.42 Å². The molecule has 0 rings (SSSR count). The van der Waals surface area contributed by atoms with Crippen molar-refractivity contribution < 1.29 is 15.3 Å². The molecular formula is C6H15O3. The fourth-order valence-electron chi connectivity index (χ4n) is 0.0577. The van der Waals surface area contributed by atoms with Gasteiger partial charge in [-0.25, -0.2) is 0 Å². The molecule has 0 aromatic rings. The Hall–Kier alpha value is -0.120. The van der Waals surface area contributed by atoms with Crippen LogP contribution in [0.1, 0.15) is 13.8 Å². The SMILES string of the molecule is C[CH]C.OCC(O)CO. The zero-order valence-electron chi connectivity index (χ0n) is 5.91. The molecule has 3 N–H and O–H groups in total. The first kappa shape index (κ1) is 11.6. The highest BCUT2D eigenvalue weighted by atomic mass is 16.3. The van der Waals surface area contributed by atoms with Crippen LogP contribution in [0.15, 0.2) is 0 Å². The van der Waals surface area contributed by atoms with Crippen LogP contribution in [0, 0.1) is 6.42 Å². The maximum atomic E-state index is 8.17. The molecule has 0 bridgehead atoms. The summed E-state index contributed by atoms with van der Waals surface area (Å²) in [5, 5.41) is 24.0. The molecule has 0 heterocycles. The van der Waals surface area contributed by atoms with Gasteiger partial charge in [-0.3, -0.25) is 0 Å². The zero-order valence-corrected chi connectivity index (χ0v) is 5.91. The van der Waals surface area contributed by atoms with Crippen molar-refractivity contribution >= 4 is 0 Å². The lowest BCUT2D eigenvalue weighted by molar-refractivity contribution is 0.0450. The Morgan fingerprint density at radius 3 is 1.44 bits per heavy atom. The van der Waals surface area contributed by atoms with Crippen molar-refractivity contribution in [2.45, 2.75) is 20.0 Å². The summed E-state index contributed by atoms with van der Waals surface area (Å²) in [5.41, 5.74) is 0. The lowest BCUT2D eigenvalue weighted by atomic mass is 10.4. The highest BCUT2D eigenvalue weighted by Crippen LogP contribution is 1.71. The van der Waals surface area contributed by atoms with Crippen molar-refractivity contribution in [2.24, 2.45) is 0 Å². The first-order valence-corrected chi connectivity index (χ1v) is 2.86. The second kappa shape index (κ2) is 10.8. The third kappa shape index (κ3) is 18.1. The molecule has 1 radical (unpaired) electrons. The molecule has 0 saturated heterocycles. The highest BCUT2D eigenvalue weighted by molar-refractivity contribution is 4.44. The van der Waals surface area contributed by atoms with Crippen molar-refractivity contribution in [1.82, 2.24) is 0 Å². The van der Waals surface area contributed by atoms with Crippen LogP contribution in [-0.4, -0.2) is 34.6 Å². The van der Waals surface area contributed by atoms with Crippen LogP contribution in [0.2, 0.25) is 0 Å². The molecule has 3 nitrogen and oxygen atoms in total. The molecule has 0 spiro atoms. The lowest BCUT2D eigenvalue weighted by Gasteiger charge is -1.96. The van der Waals surface area contributed by atoms with E-state index in [1.165, 1.54) is 0 Å². The van der Waals surface area contributed by atoms with E-state index in [1.54, 1.807) is 0 Å². The van der Waals surface area contributed by atoms with Gasteiger partial charge < -0.3 is 15.3 Å². The monoisotopic (exact) mass is 135 g/mol. The summed E-state index contributed by atoms with van der Waals surface area (Å²) in [5.74, 6) is 0. The van der Waals surface area contributed by atoms with Gasteiger partial charge in [0.15, 0.2) is 0 Å². The quantitative estimate of drug-likeness (QED) is 0.481. The van der Waals surface area contributed by atoms with Gasteiger partial charge in [-0.1, -0.05) is 13.8 Å². The van der Waals surface area contributed by atoms with Crippen LogP contribution >= 0.6 is 0 Å². The van der Waals surface area contributed by atoms with Crippen LogP contribution in [0.4, 0.5) is 0 Å². The molecular weight excluding hydrogens is 120 g/mol. The minimum Gasteiger partial charge on any atom is -0.394 e. The van der Waals surface area contributed by atoms with Crippen LogP contribution in [0.25, 0.3) is 0 Å². The van der Waals surface area contributed by atoms with Gasteiger partial charge >= 0.3 is 0 Å². The van der Waals surface area contributed by atoms with E-state index in [0.717, 1.165) is 0 Å². The Morgan fingerprint density at radius 2 is 1.44 bits per heavy atom. The first-order valence-electron chi connectivity index (χ1n) is 2.86. The van der Waals surface area contributed by atoms with Gasteiger partial charge in [0.05, 0.1) is 13.2 Å². The number of aliphatic hydroxyl groups excluding tert-OH is 3. The summed E-state index contributed by atoms with van der Waals surface area (Å²) >= 11 is 0. The van der Waals surface area contributed by atoms with Crippen LogP contribution in [0.5, 0.6) is 0 Å². The number of rotatable bonds is 2. The molecule has 0 aromatic heterocycles. The fraction of sp³-hybridized carbons (Fsp3) is 0.833. The van der Waals surface area contributed by atoms with Crippen LogP contribution < -0.4 is 0 Å². The summed E-state index contributed by atoms with van der Waals surface area (Å²) in [4.78, 5) is 0. The molecule has 0 aliphatic heterocycles. The van der Waals surface area contributed by atoms with Crippen molar-refractivity contribution in [3.63, 3.8) is 0 Å². The minimum absolute atomic E-state index is 0.365. The molecule has 3 heteroatoms. The standard InChI is InChI=1S/C3H8O3.C3H7/c4-1-3(6)2-5;1-3-2/h3-6H,1-2H2;3H,1-2H3. The largest absolute Gasteiger partial charge is 0.394 e. The highest BCUT2D eigenvalue weighted by Gasteiger charge is 1.93. The predicted molar refractivity (Wildman–Crippen MR) is 35.8 cm³/mol. The van der Waals surface area contributed by atoms with Gasteiger partial charge in [-0.15, -0.1) is 0 Å². The van der Waals surface area contributed by atoms with E-state index in [1.807, 2.05) is 20.3 Å². The normalized spacial score (nSPS) is 8.67. The molecule has 0 aromatic carbocycles. The van der Waals surface area contributed by atoms with Gasteiger partial charge in [0, 0.05) is 0 Å². The maximum Gasteiger partial charge on any atom is 0.100 e. The van der Waals surface area contributed by atoms with E-state index >= 15 is 0 Å². The molecule has 0 aliphatic carbocycles. The van der Waals surface area contributed by atoms with Crippen molar-refractivity contribution in [3.05, 3.63) is 6.42 Å². The van der Waals surface area contributed by atoms with E-state index in [-0.39, 0.29) is 13.2 Å². The second-order valence-corrected chi connectivity index (χ2v) is 1.60. The number of hydrogen-bond acceptors (Lipinski definition) is 3. The molecule has 0 unspecified atom stereocenters. The average Bonchev–Trinajstić information content (AvgIpc) is 1.88. The Bertz CT molecular complexity index is 35.3. The number of aliphatic hydroxyl groups is 3. The third-order valence-electron chi connectivity index (χ3n) is 0.421. The Balaban J connectivity index is 0. The van der Waals surface area contributed by atoms with Crippen LogP contribution in [-0.2, 0) is 0 Å². The van der Waals surface area contributed by atoms with E-state index < -0.39 is 6.10 Å². The Labute approximate surface area is 56.0 Å². The molecule has 0 fully saturated rings. The molecule has 0 amide bonds. The van der Waals surface area contributed by atoms with Crippen molar-refractivity contribution in [2.75, 3.05) is 13.2 Å². The minimum atomic E-state index is -0.954. The summed E-state index contributed by atoms with van der Waals surface area (Å²) < 4.78 is 0. The Morgan fingerprint density at radius 1 is 1.22 bits per heavy atom. The Kier molecular flexibility index (Phi) is 14.0. The number of hydrogen-bond donors (Lipinski definition) is 3. The van der Waals surface area contributed by atoms with Crippen molar-refractivity contribution in [1.29, 1.82) is 0 Å². The van der Waals surface area contributed by atoms with Gasteiger partial charge in [0.2, 0.25) is 0 Å². The zero-order chi connectivity index (χ0) is 7.70. The third-order valence-corrected chi connectivity index (χ3v) is 0.421. The van der Waals surface area contributed by atoms with Gasteiger partial charge in [0.1, 0.15) is 6.10 Å². The fourth-order valence-corrected chi connectivity index (χ4v) is 0.0577. The average molecular weight is 135 g/mol. The topological polar surface area (TPSA) is 60.7 Å². The van der Waals surface area contributed by atoms with E-state index in [0.29, 0.717) is 0 Å². The summed E-state index contributed by atoms with van der Waals surface area (Å²) in [6.45, 7) is 3.27. The van der Waals surface area contributed by atoms with Gasteiger partial charge in [0.25, 0.3) is 0 Å². The van der Waals surface area contributed by atoms with Crippen LogP contribution in [0.3, 0.4) is 0 Å². The first-order chi connectivity index (χ1) is 4.22.